The zero-order chi connectivity index (χ0) is 25.0. The van der Waals surface area contributed by atoms with Crippen molar-refractivity contribution in [2.24, 2.45) is 0 Å². The fourth-order valence-electron chi connectivity index (χ4n) is 3.92. The predicted octanol–water partition coefficient (Wildman–Crippen LogP) is 5.69. The first-order chi connectivity index (χ1) is 16.0. The number of nitrogens with zero attached hydrogens (tertiary/aromatic N) is 1. The molecule has 6 heteroatoms. The highest BCUT2D eigenvalue weighted by molar-refractivity contribution is 7.92. The average molecular weight is 479 g/mol. The predicted molar refractivity (Wildman–Crippen MR) is 139 cm³/mol. The quantitative estimate of drug-likeness (QED) is 0.452. The number of benzene rings is 3. The van der Waals surface area contributed by atoms with Crippen LogP contribution in [0.4, 0.5) is 5.69 Å². The van der Waals surface area contributed by atoms with Crippen molar-refractivity contribution in [3.05, 3.63) is 94.0 Å². The lowest BCUT2D eigenvalue weighted by Crippen LogP contribution is -2.42. The topological polar surface area (TPSA) is 66.5 Å². The van der Waals surface area contributed by atoms with Crippen LogP contribution in [0.25, 0.3) is 0 Å². The second kappa shape index (κ2) is 10.4. The van der Waals surface area contributed by atoms with Gasteiger partial charge in [0.15, 0.2) is 0 Å². The van der Waals surface area contributed by atoms with E-state index in [4.69, 9.17) is 0 Å². The van der Waals surface area contributed by atoms with Crippen LogP contribution in [-0.4, -0.2) is 20.9 Å². The van der Waals surface area contributed by atoms with Crippen molar-refractivity contribution in [1.29, 1.82) is 0 Å². The molecule has 3 rings (SSSR count). The Morgan fingerprint density at radius 3 is 2.18 bits per heavy atom. The van der Waals surface area contributed by atoms with Crippen LogP contribution in [0.3, 0.4) is 0 Å². The van der Waals surface area contributed by atoms with Gasteiger partial charge in [-0.2, -0.15) is 0 Å². The van der Waals surface area contributed by atoms with Crippen molar-refractivity contribution in [2.75, 3.05) is 10.8 Å². The molecule has 0 heterocycles. The van der Waals surface area contributed by atoms with E-state index in [2.05, 4.69) is 18.3 Å². The number of rotatable bonds is 8. The molecule has 3 aromatic rings. The van der Waals surface area contributed by atoms with Crippen molar-refractivity contribution in [1.82, 2.24) is 5.32 Å². The Hall–Kier alpha value is -3.12. The lowest BCUT2D eigenvalue weighted by atomic mass is 9.99. The second-order valence-electron chi connectivity index (χ2n) is 8.92. The van der Waals surface area contributed by atoms with E-state index in [0.717, 1.165) is 27.8 Å². The van der Waals surface area contributed by atoms with Gasteiger partial charge in [0.1, 0.15) is 6.54 Å². The molecule has 0 aliphatic heterocycles. The molecular weight excluding hydrogens is 444 g/mol. The smallest absolute Gasteiger partial charge is 0.264 e. The Morgan fingerprint density at radius 2 is 1.56 bits per heavy atom. The molecule has 34 heavy (non-hydrogen) atoms. The van der Waals surface area contributed by atoms with Crippen LogP contribution in [0.2, 0.25) is 0 Å². The zero-order valence-electron chi connectivity index (χ0n) is 20.8. The van der Waals surface area contributed by atoms with Gasteiger partial charge in [0.05, 0.1) is 16.6 Å². The van der Waals surface area contributed by atoms with Crippen LogP contribution < -0.4 is 9.62 Å². The molecule has 5 nitrogen and oxygen atoms in total. The number of anilines is 1. The molecule has 0 aliphatic rings. The summed E-state index contributed by atoms with van der Waals surface area (Å²) in [5.74, 6) is -0.346. The maximum Gasteiger partial charge on any atom is 0.264 e. The minimum atomic E-state index is -3.95. The highest BCUT2D eigenvalue weighted by Gasteiger charge is 2.29. The highest BCUT2D eigenvalue weighted by Crippen LogP contribution is 2.29. The summed E-state index contributed by atoms with van der Waals surface area (Å²) in [5, 5.41) is 3.05. The van der Waals surface area contributed by atoms with Crippen LogP contribution in [0.1, 0.15) is 52.8 Å². The van der Waals surface area contributed by atoms with Crippen molar-refractivity contribution in [3.8, 4) is 0 Å². The Bertz CT molecular complexity index is 1280. The van der Waals surface area contributed by atoms with Gasteiger partial charge in [0, 0.05) is 0 Å². The number of carbonyl (C=O) groups is 1. The summed E-state index contributed by atoms with van der Waals surface area (Å²) in [4.78, 5) is 13.4. The van der Waals surface area contributed by atoms with E-state index in [9.17, 15) is 13.2 Å². The maximum absolute atomic E-state index is 13.7. The summed E-state index contributed by atoms with van der Waals surface area (Å²) in [7, 11) is -3.95. The van der Waals surface area contributed by atoms with Crippen LogP contribution in [0.5, 0.6) is 0 Å². The van der Waals surface area contributed by atoms with Gasteiger partial charge < -0.3 is 5.32 Å². The Morgan fingerprint density at radius 1 is 0.882 bits per heavy atom. The minimum Gasteiger partial charge on any atom is -0.348 e. The Balaban J connectivity index is 1.96. The van der Waals surface area contributed by atoms with E-state index in [-0.39, 0.29) is 23.4 Å². The van der Waals surface area contributed by atoms with E-state index in [0.29, 0.717) is 12.1 Å². The molecule has 1 amide bonds. The van der Waals surface area contributed by atoms with Crippen molar-refractivity contribution in [3.63, 3.8) is 0 Å². The van der Waals surface area contributed by atoms with E-state index in [1.54, 1.807) is 30.3 Å². The third-order valence-corrected chi connectivity index (χ3v) is 8.19. The summed E-state index contributed by atoms with van der Waals surface area (Å²) >= 11 is 0. The molecule has 0 saturated heterocycles. The first-order valence-corrected chi connectivity index (χ1v) is 13.0. The van der Waals surface area contributed by atoms with Gasteiger partial charge in [-0.1, -0.05) is 55.0 Å². The summed E-state index contributed by atoms with van der Waals surface area (Å²) in [6.07, 6.45) is 0.697. The van der Waals surface area contributed by atoms with Crippen LogP contribution >= 0.6 is 0 Å². The second-order valence-corrected chi connectivity index (χ2v) is 10.8. The zero-order valence-corrected chi connectivity index (χ0v) is 21.7. The van der Waals surface area contributed by atoms with Gasteiger partial charge in [0.25, 0.3) is 10.0 Å². The highest BCUT2D eigenvalue weighted by atomic mass is 32.2. The van der Waals surface area contributed by atoms with E-state index in [1.165, 1.54) is 9.87 Å². The molecule has 0 aliphatic carbocycles. The molecule has 180 valence electrons. The van der Waals surface area contributed by atoms with Gasteiger partial charge in [-0.15, -0.1) is 0 Å². The monoisotopic (exact) mass is 478 g/mol. The first-order valence-electron chi connectivity index (χ1n) is 11.6. The number of carbonyl (C=O) groups excluding carboxylic acids is 1. The SMILES string of the molecule is CCC(NC(=O)CN(c1cccc(C)c1C)S(=O)(=O)c1ccc(C)cc1)c1ccc(C)c(C)c1. The summed E-state index contributed by atoms with van der Waals surface area (Å²) in [6, 6.07) is 18.1. The van der Waals surface area contributed by atoms with Gasteiger partial charge in [0.2, 0.25) is 5.91 Å². The van der Waals surface area contributed by atoms with E-state index >= 15 is 0 Å². The molecule has 0 spiro atoms. The molecule has 0 aromatic heterocycles. The molecule has 1 N–H and O–H groups in total. The number of hydrogen-bond acceptors (Lipinski definition) is 3. The number of aryl methyl sites for hydroxylation is 4. The van der Waals surface area contributed by atoms with E-state index < -0.39 is 10.0 Å². The molecule has 0 saturated carbocycles. The molecule has 1 unspecified atom stereocenters. The number of amides is 1. The maximum atomic E-state index is 13.7. The molecule has 0 bridgehead atoms. The summed E-state index contributed by atoms with van der Waals surface area (Å²) in [6.45, 7) is 11.5. The molecule has 0 radical (unpaired) electrons. The van der Waals surface area contributed by atoms with Crippen LogP contribution in [-0.2, 0) is 14.8 Å². The fraction of sp³-hybridized carbons (Fsp3) is 0.321. The number of hydrogen-bond donors (Lipinski definition) is 1. The van der Waals surface area contributed by atoms with Crippen molar-refractivity contribution in [2.45, 2.75) is 58.9 Å². The molecule has 1 atom stereocenters. The first kappa shape index (κ1) is 25.5. The van der Waals surface area contributed by atoms with Gasteiger partial charge in [-0.3, -0.25) is 9.10 Å². The standard InChI is InChI=1S/C28H34N2O3S/c1-7-26(24-14-13-20(3)22(5)17-24)29-28(31)18-30(27-10-8-9-21(4)23(27)6)34(32,33)25-15-11-19(2)12-16-25/h8-17,26H,7,18H2,1-6H3,(H,29,31). The summed E-state index contributed by atoms with van der Waals surface area (Å²) < 4.78 is 28.6. The van der Waals surface area contributed by atoms with E-state index in [1.807, 2.05) is 58.9 Å². The van der Waals surface area contributed by atoms with Gasteiger partial charge >= 0.3 is 0 Å². The Labute approximate surface area is 203 Å². The minimum absolute atomic E-state index is 0.160. The fourth-order valence-corrected chi connectivity index (χ4v) is 5.39. The Kier molecular flexibility index (Phi) is 7.82. The lowest BCUT2D eigenvalue weighted by Gasteiger charge is -2.27. The molecule has 3 aromatic carbocycles. The normalized spacial score (nSPS) is 12.3. The van der Waals surface area contributed by atoms with Gasteiger partial charge in [-0.05, 0) is 87.1 Å². The molecular formula is C28H34N2O3S. The van der Waals surface area contributed by atoms with Crippen LogP contribution in [0, 0.1) is 34.6 Å². The van der Waals surface area contributed by atoms with Crippen LogP contribution in [0.15, 0.2) is 65.6 Å². The average Bonchev–Trinajstić information content (AvgIpc) is 2.80. The lowest BCUT2D eigenvalue weighted by molar-refractivity contribution is -0.120. The molecule has 0 fully saturated rings. The third kappa shape index (κ3) is 5.50. The van der Waals surface area contributed by atoms with Crippen molar-refractivity contribution >= 4 is 21.6 Å². The third-order valence-electron chi connectivity index (χ3n) is 6.42. The van der Waals surface area contributed by atoms with Gasteiger partial charge in [-0.25, -0.2) is 8.42 Å². The number of nitrogens with one attached hydrogen (secondary N) is 1. The number of sulfonamides is 1. The summed E-state index contributed by atoms with van der Waals surface area (Å²) in [5.41, 5.74) is 6.62. The largest absolute Gasteiger partial charge is 0.348 e. The van der Waals surface area contributed by atoms with Crippen molar-refractivity contribution < 1.29 is 13.2 Å².